The van der Waals surface area contributed by atoms with E-state index in [9.17, 15) is 8.42 Å². The second-order valence-electron chi connectivity index (χ2n) is 5.37. The van der Waals surface area contributed by atoms with E-state index in [1.807, 2.05) is 31.3 Å². The van der Waals surface area contributed by atoms with Crippen LogP contribution in [-0.4, -0.2) is 24.3 Å². The van der Waals surface area contributed by atoms with Gasteiger partial charge < -0.3 is 4.98 Å². The van der Waals surface area contributed by atoms with E-state index in [1.165, 1.54) is 4.31 Å². The average Bonchev–Trinajstić information content (AvgIpc) is 2.95. The van der Waals surface area contributed by atoms with Gasteiger partial charge in [-0.25, -0.2) is 8.42 Å². The van der Waals surface area contributed by atoms with Crippen LogP contribution in [0.15, 0.2) is 54.1 Å². The van der Waals surface area contributed by atoms with E-state index in [-0.39, 0.29) is 5.92 Å². The Morgan fingerprint density at radius 3 is 2.67 bits per heavy atom. The number of sulfonamides is 1. The molecule has 0 fully saturated rings. The summed E-state index contributed by atoms with van der Waals surface area (Å²) in [7, 11) is -3.47. The van der Waals surface area contributed by atoms with Crippen LogP contribution in [-0.2, 0) is 16.6 Å². The van der Waals surface area contributed by atoms with E-state index in [4.69, 9.17) is 0 Å². The molecule has 1 aromatic carbocycles. The Hall–Kier alpha value is -1.85. The molecule has 2 aromatic rings. The number of benzene rings is 1. The standard InChI is InChI=1S/C16H18N2O2S/c1-3-13-10-18(11-14-8-9-17-16(13)14)21(19,20)15-6-4-12(2)5-7-15/h3-9,13,17H,1,10-11H2,2H3/t13-/m0/s1. The molecule has 4 nitrogen and oxygen atoms in total. The van der Waals surface area contributed by atoms with Gasteiger partial charge in [0.05, 0.1) is 4.90 Å². The van der Waals surface area contributed by atoms with Gasteiger partial charge in [-0.1, -0.05) is 23.8 Å². The van der Waals surface area contributed by atoms with Crippen molar-refractivity contribution in [1.29, 1.82) is 0 Å². The van der Waals surface area contributed by atoms with Gasteiger partial charge in [-0.3, -0.25) is 0 Å². The Morgan fingerprint density at radius 1 is 1.29 bits per heavy atom. The van der Waals surface area contributed by atoms with Gasteiger partial charge in [0.25, 0.3) is 0 Å². The topological polar surface area (TPSA) is 53.2 Å². The highest BCUT2D eigenvalue weighted by atomic mass is 32.2. The number of hydrogen-bond donors (Lipinski definition) is 1. The van der Waals surface area contributed by atoms with Gasteiger partial charge in [-0.15, -0.1) is 6.58 Å². The Labute approximate surface area is 125 Å². The van der Waals surface area contributed by atoms with E-state index >= 15 is 0 Å². The molecular weight excluding hydrogens is 284 g/mol. The van der Waals surface area contributed by atoms with E-state index < -0.39 is 10.0 Å². The maximum Gasteiger partial charge on any atom is 0.243 e. The molecule has 0 bridgehead atoms. The van der Waals surface area contributed by atoms with Crippen molar-refractivity contribution in [3.05, 3.63) is 66.0 Å². The normalized spacial score (nSPS) is 19.2. The van der Waals surface area contributed by atoms with Crippen molar-refractivity contribution in [2.45, 2.75) is 24.3 Å². The highest BCUT2D eigenvalue weighted by molar-refractivity contribution is 7.89. The summed E-state index contributed by atoms with van der Waals surface area (Å²) in [6, 6.07) is 8.91. The third-order valence-electron chi connectivity index (χ3n) is 3.93. The maximum atomic E-state index is 12.8. The fraction of sp³-hybridized carbons (Fsp3) is 0.250. The lowest BCUT2D eigenvalue weighted by Gasteiger charge is -2.30. The summed E-state index contributed by atoms with van der Waals surface area (Å²) < 4.78 is 27.1. The van der Waals surface area contributed by atoms with Crippen LogP contribution in [0.4, 0.5) is 0 Å². The van der Waals surface area contributed by atoms with Crippen molar-refractivity contribution in [2.75, 3.05) is 6.54 Å². The summed E-state index contributed by atoms with van der Waals surface area (Å²) in [5, 5.41) is 0. The largest absolute Gasteiger partial charge is 0.364 e. The Balaban J connectivity index is 1.97. The molecule has 0 amide bonds. The van der Waals surface area contributed by atoms with Gasteiger partial charge in [-0.2, -0.15) is 4.31 Å². The van der Waals surface area contributed by atoms with Gasteiger partial charge >= 0.3 is 0 Å². The minimum Gasteiger partial charge on any atom is -0.364 e. The smallest absolute Gasteiger partial charge is 0.243 e. The molecule has 3 rings (SSSR count). The van der Waals surface area contributed by atoms with Crippen molar-refractivity contribution in [2.24, 2.45) is 0 Å². The molecule has 1 atom stereocenters. The molecule has 21 heavy (non-hydrogen) atoms. The van der Waals surface area contributed by atoms with E-state index in [2.05, 4.69) is 11.6 Å². The molecule has 1 N–H and O–H groups in total. The van der Waals surface area contributed by atoms with Crippen LogP contribution in [0.2, 0.25) is 0 Å². The first kappa shape index (κ1) is 14.1. The van der Waals surface area contributed by atoms with Crippen molar-refractivity contribution >= 4 is 10.0 Å². The van der Waals surface area contributed by atoms with Crippen LogP contribution in [0.3, 0.4) is 0 Å². The lowest BCUT2D eigenvalue weighted by Crippen LogP contribution is -2.37. The highest BCUT2D eigenvalue weighted by Crippen LogP contribution is 2.31. The number of nitrogens with one attached hydrogen (secondary N) is 1. The van der Waals surface area contributed by atoms with Gasteiger partial charge in [0.1, 0.15) is 0 Å². The molecule has 0 saturated carbocycles. The number of fused-ring (bicyclic) bond motifs is 1. The van der Waals surface area contributed by atoms with Gasteiger partial charge in [0.2, 0.25) is 10.0 Å². The van der Waals surface area contributed by atoms with E-state index in [0.29, 0.717) is 18.0 Å². The second-order valence-corrected chi connectivity index (χ2v) is 7.31. The van der Waals surface area contributed by atoms with Crippen LogP contribution < -0.4 is 0 Å². The fourth-order valence-electron chi connectivity index (χ4n) is 2.70. The van der Waals surface area contributed by atoms with Crippen LogP contribution in [0, 0.1) is 6.92 Å². The summed E-state index contributed by atoms with van der Waals surface area (Å²) in [6.07, 6.45) is 3.65. The molecule has 1 aliphatic rings. The molecule has 1 aromatic heterocycles. The Morgan fingerprint density at radius 2 is 2.00 bits per heavy atom. The molecular formula is C16H18N2O2S. The van der Waals surface area contributed by atoms with Crippen molar-refractivity contribution < 1.29 is 8.42 Å². The first-order chi connectivity index (χ1) is 10.0. The van der Waals surface area contributed by atoms with Crippen molar-refractivity contribution in [3.63, 3.8) is 0 Å². The molecule has 0 radical (unpaired) electrons. The highest BCUT2D eigenvalue weighted by Gasteiger charge is 2.32. The fourth-order valence-corrected chi connectivity index (χ4v) is 4.14. The minimum atomic E-state index is -3.47. The molecule has 0 unspecified atom stereocenters. The van der Waals surface area contributed by atoms with E-state index in [0.717, 1.165) is 16.8 Å². The van der Waals surface area contributed by atoms with E-state index in [1.54, 1.807) is 18.2 Å². The number of aromatic nitrogens is 1. The van der Waals surface area contributed by atoms with Crippen LogP contribution in [0.1, 0.15) is 22.7 Å². The van der Waals surface area contributed by atoms with Gasteiger partial charge in [0, 0.05) is 30.9 Å². The lowest BCUT2D eigenvalue weighted by atomic mass is 9.98. The third-order valence-corrected chi connectivity index (χ3v) is 5.76. The molecule has 1 aliphatic heterocycles. The van der Waals surface area contributed by atoms with Gasteiger partial charge in [0.15, 0.2) is 0 Å². The monoisotopic (exact) mass is 302 g/mol. The number of hydrogen-bond acceptors (Lipinski definition) is 2. The SMILES string of the molecule is C=C[C@H]1CN(S(=O)(=O)c2ccc(C)cc2)Cc2cc[nH]c21. The molecule has 5 heteroatoms. The predicted octanol–water partition coefficient (Wildman–Crippen LogP) is 2.80. The first-order valence-electron chi connectivity index (χ1n) is 6.88. The summed E-state index contributed by atoms with van der Waals surface area (Å²) in [6.45, 7) is 6.59. The number of aryl methyl sites for hydroxylation is 1. The first-order valence-corrected chi connectivity index (χ1v) is 8.32. The molecule has 0 aliphatic carbocycles. The number of nitrogens with zero attached hydrogens (tertiary/aromatic N) is 1. The zero-order valence-corrected chi connectivity index (χ0v) is 12.7. The second kappa shape index (κ2) is 5.16. The predicted molar refractivity (Wildman–Crippen MR) is 82.5 cm³/mol. The van der Waals surface area contributed by atoms with Crippen LogP contribution in [0.5, 0.6) is 0 Å². The third kappa shape index (κ3) is 2.43. The molecule has 110 valence electrons. The zero-order valence-electron chi connectivity index (χ0n) is 11.9. The Bertz CT molecular complexity index is 760. The number of rotatable bonds is 3. The van der Waals surface area contributed by atoms with Crippen molar-refractivity contribution in [1.82, 2.24) is 9.29 Å². The van der Waals surface area contributed by atoms with Gasteiger partial charge in [-0.05, 0) is 30.7 Å². The summed E-state index contributed by atoms with van der Waals surface area (Å²) in [5.74, 6) is 0.00368. The Kier molecular flexibility index (Phi) is 3.47. The lowest BCUT2D eigenvalue weighted by molar-refractivity contribution is 0.373. The van der Waals surface area contributed by atoms with Crippen molar-refractivity contribution in [3.8, 4) is 0 Å². The van der Waals surface area contributed by atoms with Crippen LogP contribution >= 0.6 is 0 Å². The quantitative estimate of drug-likeness (QED) is 0.886. The summed E-state index contributed by atoms with van der Waals surface area (Å²) in [4.78, 5) is 3.53. The maximum absolute atomic E-state index is 12.8. The van der Waals surface area contributed by atoms with Crippen LogP contribution in [0.25, 0.3) is 0 Å². The molecule has 2 heterocycles. The molecule has 0 saturated heterocycles. The summed E-state index contributed by atoms with van der Waals surface area (Å²) in [5.41, 5.74) is 3.13. The average molecular weight is 302 g/mol. The number of aromatic amines is 1. The minimum absolute atomic E-state index is 0.00368. The molecule has 0 spiro atoms. The zero-order chi connectivity index (χ0) is 15.0. The summed E-state index contributed by atoms with van der Waals surface area (Å²) >= 11 is 0. The number of H-pyrrole nitrogens is 1.